The molecule has 1 fully saturated rings. The van der Waals surface area contributed by atoms with E-state index < -0.39 is 0 Å². The number of nitrogens with zero attached hydrogens (tertiary/aromatic N) is 4. The Labute approximate surface area is 153 Å². The molecule has 6 nitrogen and oxygen atoms in total. The first-order chi connectivity index (χ1) is 12.2. The number of aromatic nitrogens is 2. The monoisotopic (exact) mass is 359 g/mol. The third-order valence-corrected chi connectivity index (χ3v) is 5.28. The van der Waals surface area contributed by atoms with Gasteiger partial charge in [0.1, 0.15) is 5.82 Å². The number of amides is 1. The Hall–Kier alpha value is -1.99. The van der Waals surface area contributed by atoms with Crippen LogP contribution in [-0.4, -0.2) is 52.9 Å². The molecule has 1 aromatic carbocycles. The molecule has 25 heavy (non-hydrogen) atoms. The highest BCUT2D eigenvalue weighted by Crippen LogP contribution is 2.19. The van der Waals surface area contributed by atoms with Gasteiger partial charge in [-0.15, -0.1) is 0 Å². The second-order valence-electron chi connectivity index (χ2n) is 6.30. The van der Waals surface area contributed by atoms with Gasteiger partial charge in [-0.3, -0.25) is 9.69 Å². The van der Waals surface area contributed by atoms with E-state index in [4.69, 9.17) is 0 Å². The maximum atomic E-state index is 12.4. The summed E-state index contributed by atoms with van der Waals surface area (Å²) < 4.78 is 4.26. The van der Waals surface area contributed by atoms with Gasteiger partial charge in [0.15, 0.2) is 0 Å². The van der Waals surface area contributed by atoms with Gasteiger partial charge in [-0.2, -0.15) is 4.37 Å². The molecule has 2 heterocycles. The van der Waals surface area contributed by atoms with E-state index in [2.05, 4.69) is 37.5 Å². The molecule has 1 aromatic heterocycles. The average Bonchev–Trinajstić information content (AvgIpc) is 2.90. The third-order valence-electron chi connectivity index (χ3n) is 4.42. The van der Waals surface area contributed by atoms with Crippen LogP contribution in [0.1, 0.15) is 24.7 Å². The maximum Gasteiger partial charge on any atom is 0.238 e. The molecule has 1 aliphatic heterocycles. The number of anilines is 2. The van der Waals surface area contributed by atoms with E-state index in [0.29, 0.717) is 6.54 Å². The van der Waals surface area contributed by atoms with E-state index in [-0.39, 0.29) is 5.91 Å². The maximum absolute atomic E-state index is 12.4. The van der Waals surface area contributed by atoms with Crippen LogP contribution in [0.4, 0.5) is 10.8 Å². The zero-order chi connectivity index (χ0) is 17.6. The first kappa shape index (κ1) is 17.8. The molecule has 1 amide bonds. The summed E-state index contributed by atoms with van der Waals surface area (Å²) in [4.78, 5) is 21.4. The lowest BCUT2D eigenvalue weighted by Gasteiger charge is -2.21. The molecule has 1 aliphatic rings. The van der Waals surface area contributed by atoms with Crippen molar-refractivity contribution in [3.8, 4) is 0 Å². The van der Waals surface area contributed by atoms with Crippen LogP contribution in [0.25, 0.3) is 0 Å². The number of carbonyl (C=O) groups excluding carboxylic acids is 1. The summed E-state index contributed by atoms with van der Waals surface area (Å²) in [5.41, 5.74) is 2.10. The number of hydrogen-bond donors (Lipinski definition) is 1. The van der Waals surface area contributed by atoms with Crippen LogP contribution in [-0.2, 0) is 11.2 Å². The molecule has 2 aromatic rings. The quantitative estimate of drug-likeness (QED) is 0.889. The zero-order valence-electron chi connectivity index (χ0n) is 14.9. The molecule has 1 saturated heterocycles. The van der Waals surface area contributed by atoms with E-state index in [9.17, 15) is 4.79 Å². The molecule has 0 spiro atoms. The van der Waals surface area contributed by atoms with Gasteiger partial charge in [0, 0.05) is 43.4 Å². The Bertz CT molecular complexity index is 717. The fourth-order valence-corrected chi connectivity index (χ4v) is 3.80. The van der Waals surface area contributed by atoms with Crippen LogP contribution < -0.4 is 10.2 Å². The van der Waals surface area contributed by atoms with E-state index in [0.717, 1.165) is 55.7 Å². The van der Waals surface area contributed by atoms with Gasteiger partial charge in [-0.1, -0.05) is 25.1 Å². The lowest BCUT2D eigenvalue weighted by atomic mass is 10.1. The van der Waals surface area contributed by atoms with Crippen LogP contribution in [0.2, 0.25) is 0 Å². The van der Waals surface area contributed by atoms with Crippen molar-refractivity contribution >= 4 is 28.3 Å². The van der Waals surface area contributed by atoms with Gasteiger partial charge in [0.2, 0.25) is 11.0 Å². The standard InChI is InChI=1S/C18H25N5OS/c1-3-15-7-4-5-8-16(15)20-17(24)13-22-9-6-10-23(12-11-22)18-19-14(2)21-25-18/h4-5,7-8H,3,6,9-13H2,1-2H3,(H,20,24). The van der Waals surface area contributed by atoms with Crippen LogP contribution in [0.15, 0.2) is 24.3 Å². The summed E-state index contributed by atoms with van der Waals surface area (Å²) in [6, 6.07) is 8.00. The van der Waals surface area contributed by atoms with Crippen LogP contribution in [0.5, 0.6) is 0 Å². The van der Waals surface area contributed by atoms with Crippen molar-refractivity contribution in [3.05, 3.63) is 35.7 Å². The molecule has 0 atom stereocenters. The molecule has 7 heteroatoms. The summed E-state index contributed by atoms with van der Waals surface area (Å²) in [7, 11) is 0. The molecule has 0 radical (unpaired) electrons. The Morgan fingerprint density at radius 1 is 1.24 bits per heavy atom. The van der Waals surface area contributed by atoms with Gasteiger partial charge < -0.3 is 10.2 Å². The van der Waals surface area contributed by atoms with Crippen LogP contribution in [0.3, 0.4) is 0 Å². The lowest BCUT2D eigenvalue weighted by molar-refractivity contribution is -0.117. The van der Waals surface area contributed by atoms with Gasteiger partial charge in [0.25, 0.3) is 0 Å². The van der Waals surface area contributed by atoms with Crippen molar-refractivity contribution in [1.82, 2.24) is 14.3 Å². The minimum Gasteiger partial charge on any atom is -0.346 e. The summed E-state index contributed by atoms with van der Waals surface area (Å²) in [6.45, 7) is 8.09. The van der Waals surface area contributed by atoms with Crippen molar-refractivity contribution in [2.75, 3.05) is 42.9 Å². The Balaban J connectivity index is 1.53. The number of aryl methyl sites for hydroxylation is 2. The van der Waals surface area contributed by atoms with E-state index in [1.807, 2.05) is 25.1 Å². The highest BCUT2D eigenvalue weighted by atomic mass is 32.1. The minimum absolute atomic E-state index is 0.0566. The van der Waals surface area contributed by atoms with Crippen molar-refractivity contribution < 1.29 is 4.79 Å². The third kappa shape index (κ3) is 4.76. The van der Waals surface area contributed by atoms with Gasteiger partial charge in [-0.25, -0.2) is 4.98 Å². The lowest BCUT2D eigenvalue weighted by Crippen LogP contribution is -2.36. The molecular formula is C18H25N5OS. The highest BCUT2D eigenvalue weighted by molar-refractivity contribution is 7.09. The van der Waals surface area contributed by atoms with Gasteiger partial charge in [-0.05, 0) is 31.4 Å². The average molecular weight is 359 g/mol. The predicted octanol–water partition coefficient (Wildman–Crippen LogP) is 2.56. The second-order valence-corrected chi connectivity index (χ2v) is 7.03. The Kier molecular flexibility index (Phi) is 5.99. The van der Waals surface area contributed by atoms with Gasteiger partial charge >= 0.3 is 0 Å². The van der Waals surface area contributed by atoms with Crippen molar-refractivity contribution in [1.29, 1.82) is 0 Å². The number of nitrogens with one attached hydrogen (secondary N) is 1. The SMILES string of the molecule is CCc1ccccc1NC(=O)CN1CCCN(c2nc(C)ns2)CC1. The first-order valence-corrected chi connectivity index (χ1v) is 9.58. The number of para-hydroxylation sites is 1. The van der Waals surface area contributed by atoms with Crippen molar-refractivity contribution in [2.24, 2.45) is 0 Å². The first-order valence-electron chi connectivity index (χ1n) is 8.81. The second kappa shape index (κ2) is 8.40. The van der Waals surface area contributed by atoms with Crippen molar-refractivity contribution in [2.45, 2.75) is 26.7 Å². The number of rotatable bonds is 5. The molecule has 1 N–H and O–H groups in total. The minimum atomic E-state index is 0.0566. The fourth-order valence-electron chi connectivity index (χ4n) is 3.08. The number of carbonyl (C=O) groups is 1. The summed E-state index contributed by atoms with van der Waals surface area (Å²) in [6.07, 6.45) is 1.94. The van der Waals surface area contributed by atoms with Crippen LogP contribution >= 0.6 is 11.5 Å². The largest absolute Gasteiger partial charge is 0.346 e. The molecule has 0 unspecified atom stereocenters. The molecule has 134 valence electrons. The van der Waals surface area contributed by atoms with Gasteiger partial charge in [0.05, 0.1) is 6.54 Å². The summed E-state index contributed by atoms with van der Waals surface area (Å²) in [5, 5.41) is 4.05. The topological polar surface area (TPSA) is 61.4 Å². The van der Waals surface area contributed by atoms with Crippen molar-refractivity contribution in [3.63, 3.8) is 0 Å². The fraction of sp³-hybridized carbons (Fsp3) is 0.500. The molecule has 0 bridgehead atoms. The normalized spacial score (nSPS) is 15.8. The summed E-state index contributed by atoms with van der Waals surface area (Å²) >= 11 is 1.45. The Morgan fingerprint density at radius 2 is 2.08 bits per heavy atom. The smallest absolute Gasteiger partial charge is 0.238 e. The molecule has 0 aliphatic carbocycles. The number of hydrogen-bond acceptors (Lipinski definition) is 6. The zero-order valence-corrected chi connectivity index (χ0v) is 15.7. The van der Waals surface area contributed by atoms with E-state index >= 15 is 0 Å². The molecule has 0 saturated carbocycles. The molecular weight excluding hydrogens is 334 g/mol. The van der Waals surface area contributed by atoms with E-state index in [1.54, 1.807) is 0 Å². The predicted molar refractivity (Wildman–Crippen MR) is 102 cm³/mol. The van der Waals surface area contributed by atoms with Crippen LogP contribution in [0, 0.1) is 6.92 Å². The van der Waals surface area contributed by atoms with E-state index in [1.165, 1.54) is 17.1 Å². The molecule has 3 rings (SSSR count). The highest BCUT2D eigenvalue weighted by Gasteiger charge is 2.19. The number of benzene rings is 1. The Morgan fingerprint density at radius 3 is 2.84 bits per heavy atom. The summed E-state index contributed by atoms with van der Waals surface area (Å²) in [5.74, 6) is 0.885.